The molecule has 0 bridgehead atoms. The van der Waals surface area contributed by atoms with Gasteiger partial charge in [0.15, 0.2) is 0 Å². The summed E-state index contributed by atoms with van der Waals surface area (Å²) in [7, 11) is 1.61. The zero-order chi connectivity index (χ0) is 17.9. The highest BCUT2D eigenvalue weighted by Gasteiger charge is 2.48. The van der Waals surface area contributed by atoms with E-state index in [-0.39, 0.29) is 11.9 Å². The summed E-state index contributed by atoms with van der Waals surface area (Å²) in [4.78, 5) is 25.0. The molecular weight excluding hydrogens is 318 g/mol. The van der Waals surface area contributed by atoms with Crippen molar-refractivity contribution in [1.82, 2.24) is 5.32 Å². The van der Waals surface area contributed by atoms with Gasteiger partial charge < -0.3 is 14.8 Å². The normalized spacial score (nSPS) is 19.5. The fourth-order valence-corrected chi connectivity index (χ4v) is 3.83. The summed E-state index contributed by atoms with van der Waals surface area (Å²) in [5.74, 6) is 0.197. The summed E-state index contributed by atoms with van der Waals surface area (Å²) in [6.45, 7) is 2.08. The standard InChI is InChI=1S/C20H25NO4/c1-14-17(20(25-19(14)23)10-5-3-4-6-11-20)18(22)21-13-15-8-7-9-16(12-15)24-2/h7-9,12H,3-6,10-11,13H2,1-2H3,(H,21,22). The van der Waals surface area contributed by atoms with Crippen LogP contribution < -0.4 is 10.1 Å². The van der Waals surface area contributed by atoms with Crippen LogP contribution in [0.2, 0.25) is 0 Å². The minimum Gasteiger partial charge on any atom is -0.497 e. The molecule has 0 saturated heterocycles. The number of carbonyl (C=O) groups is 2. The van der Waals surface area contributed by atoms with Gasteiger partial charge in [0.05, 0.1) is 12.7 Å². The Kier molecular flexibility index (Phi) is 5.11. The third kappa shape index (κ3) is 3.55. The number of ether oxygens (including phenoxy) is 2. The van der Waals surface area contributed by atoms with Crippen molar-refractivity contribution in [3.63, 3.8) is 0 Å². The Hall–Kier alpha value is -2.30. The van der Waals surface area contributed by atoms with E-state index in [1.54, 1.807) is 14.0 Å². The van der Waals surface area contributed by atoms with Crippen LogP contribution >= 0.6 is 0 Å². The summed E-state index contributed by atoms with van der Waals surface area (Å²) < 4.78 is 10.9. The second-order valence-electron chi connectivity index (χ2n) is 6.83. The molecule has 1 spiro atoms. The Balaban J connectivity index is 1.77. The predicted molar refractivity (Wildman–Crippen MR) is 94.1 cm³/mol. The summed E-state index contributed by atoms with van der Waals surface area (Å²) in [6, 6.07) is 7.57. The third-order valence-electron chi connectivity index (χ3n) is 5.15. The van der Waals surface area contributed by atoms with E-state index >= 15 is 0 Å². The van der Waals surface area contributed by atoms with Crippen molar-refractivity contribution in [2.24, 2.45) is 0 Å². The number of methoxy groups -OCH3 is 1. The topological polar surface area (TPSA) is 64.6 Å². The first-order valence-corrected chi connectivity index (χ1v) is 8.91. The van der Waals surface area contributed by atoms with Crippen molar-refractivity contribution < 1.29 is 19.1 Å². The Bertz CT molecular complexity index is 699. The summed E-state index contributed by atoms with van der Waals surface area (Å²) >= 11 is 0. The number of amides is 1. The van der Waals surface area contributed by atoms with Gasteiger partial charge in [0.1, 0.15) is 11.4 Å². The molecule has 25 heavy (non-hydrogen) atoms. The van der Waals surface area contributed by atoms with Crippen LogP contribution in [0.15, 0.2) is 35.4 Å². The molecule has 1 aromatic carbocycles. The van der Waals surface area contributed by atoms with Gasteiger partial charge in [-0.3, -0.25) is 4.79 Å². The van der Waals surface area contributed by atoms with Crippen LogP contribution in [0, 0.1) is 0 Å². The second kappa shape index (κ2) is 7.30. The van der Waals surface area contributed by atoms with Crippen LogP contribution in [-0.2, 0) is 20.9 Å². The number of carbonyl (C=O) groups excluding carboxylic acids is 2. The third-order valence-corrected chi connectivity index (χ3v) is 5.15. The van der Waals surface area contributed by atoms with Crippen LogP contribution in [0.1, 0.15) is 51.0 Å². The van der Waals surface area contributed by atoms with Gasteiger partial charge in [-0.2, -0.15) is 0 Å². The van der Waals surface area contributed by atoms with Crippen molar-refractivity contribution in [3.05, 3.63) is 41.0 Å². The molecule has 1 N–H and O–H groups in total. The van der Waals surface area contributed by atoms with E-state index in [1.807, 2.05) is 24.3 Å². The lowest BCUT2D eigenvalue weighted by Crippen LogP contribution is -2.39. The fourth-order valence-electron chi connectivity index (χ4n) is 3.83. The largest absolute Gasteiger partial charge is 0.497 e. The summed E-state index contributed by atoms with van der Waals surface area (Å²) in [5.41, 5.74) is 1.20. The molecule has 5 heteroatoms. The van der Waals surface area contributed by atoms with Crippen LogP contribution in [-0.4, -0.2) is 24.6 Å². The molecule has 1 aliphatic carbocycles. The molecule has 1 aliphatic heterocycles. The van der Waals surface area contributed by atoms with Crippen LogP contribution in [0.3, 0.4) is 0 Å². The number of nitrogens with one attached hydrogen (secondary N) is 1. The molecule has 0 radical (unpaired) electrons. The summed E-state index contributed by atoms with van der Waals surface area (Å²) in [6.07, 6.45) is 5.67. The molecule has 5 nitrogen and oxygen atoms in total. The lowest BCUT2D eigenvalue weighted by Gasteiger charge is -2.29. The molecule has 3 rings (SSSR count). The van der Waals surface area contributed by atoms with E-state index in [4.69, 9.17) is 9.47 Å². The Labute approximate surface area is 148 Å². The van der Waals surface area contributed by atoms with Crippen molar-refractivity contribution in [2.75, 3.05) is 7.11 Å². The second-order valence-corrected chi connectivity index (χ2v) is 6.83. The maximum Gasteiger partial charge on any atom is 0.335 e. The predicted octanol–water partition coefficient (Wildman–Crippen LogP) is 3.28. The number of hydrogen-bond acceptors (Lipinski definition) is 4. The lowest BCUT2D eigenvalue weighted by molar-refractivity contribution is -0.148. The minimum atomic E-state index is -0.726. The number of rotatable bonds is 4. The molecule has 1 heterocycles. The molecule has 1 saturated carbocycles. The number of hydrogen-bond donors (Lipinski definition) is 1. The fraction of sp³-hybridized carbons (Fsp3) is 0.500. The first-order valence-electron chi connectivity index (χ1n) is 8.91. The molecule has 134 valence electrons. The highest BCUT2D eigenvalue weighted by atomic mass is 16.6. The van der Waals surface area contributed by atoms with Crippen LogP contribution in [0.4, 0.5) is 0 Å². The van der Waals surface area contributed by atoms with Gasteiger partial charge in [-0.1, -0.05) is 25.0 Å². The lowest BCUT2D eigenvalue weighted by atomic mass is 9.84. The van der Waals surface area contributed by atoms with Gasteiger partial charge >= 0.3 is 5.97 Å². The van der Waals surface area contributed by atoms with Gasteiger partial charge in [0.25, 0.3) is 5.91 Å². The van der Waals surface area contributed by atoms with Crippen LogP contribution in [0.25, 0.3) is 0 Å². The van der Waals surface area contributed by atoms with E-state index in [1.165, 1.54) is 0 Å². The Morgan fingerprint density at radius 3 is 2.64 bits per heavy atom. The van der Waals surface area contributed by atoms with Crippen molar-refractivity contribution in [1.29, 1.82) is 0 Å². The average Bonchev–Trinajstić information content (AvgIpc) is 2.77. The van der Waals surface area contributed by atoms with E-state index in [2.05, 4.69) is 5.32 Å². The SMILES string of the molecule is COc1cccc(CNC(=O)C2=C(C)C(=O)OC23CCCCCC3)c1. The van der Waals surface area contributed by atoms with E-state index in [0.29, 0.717) is 17.7 Å². The molecule has 1 fully saturated rings. The molecular formula is C20H25NO4. The van der Waals surface area contributed by atoms with E-state index in [0.717, 1.165) is 49.8 Å². The Morgan fingerprint density at radius 2 is 1.96 bits per heavy atom. The molecule has 1 amide bonds. The van der Waals surface area contributed by atoms with Crippen LogP contribution in [0.5, 0.6) is 5.75 Å². The zero-order valence-electron chi connectivity index (χ0n) is 14.9. The van der Waals surface area contributed by atoms with Crippen molar-refractivity contribution in [2.45, 2.75) is 57.6 Å². The molecule has 0 aromatic heterocycles. The van der Waals surface area contributed by atoms with E-state index < -0.39 is 5.60 Å². The van der Waals surface area contributed by atoms with Gasteiger partial charge in [-0.25, -0.2) is 4.79 Å². The average molecular weight is 343 g/mol. The maximum absolute atomic E-state index is 12.9. The molecule has 2 aliphatic rings. The van der Waals surface area contributed by atoms with E-state index in [9.17, 15) is 9.59 Å². The summed E-state index contributed by atoms with van der Waals surface area (Å²) in [5, 5.41) is 2.95. The highest BCUT2D eigenvalue weighted by molar-refractivity contribution is 6.07. The molecule has 1 aromatic rings. The highest BCUT2D eigenvalue weighted by Crippen LogP contribution is 2.42. The number of esters is 1. The van der Waals surface area contributed by atoms with Crippen molar-refractivity contribution in [3.8, 4) is 5.75 Å². The van der Waals surface area contributed by atoms with Gasteiger partial charge in [0.2, 0.25) is 0 Å². The minimum absolute atomic E-state index is 0.201. The van der Waals surface area contributed by atoms with Gasteiger partial charge in [0, 0.05) is 12.1 Å². The molecule has 0 atom stereocenters. The van der Waals surface area contributed by atoms with Crippen molar-refractivity contribution >= 4 is 11.9 Å². The monoisotopic (exact) mass is 343 g/mol. The Morgan fingerprint density at radius 1 is 1.24 bits per heavy atom. The quantitative estimate of drug-likeness (QED) is 0.852. The number of benzene rings is 1. The molecule has 0 unspecified atom stereocenters. The first kappa shape index (κ1) is 17.5. The maximum atomic E-state index is 12.9. The smallest absolute Gasteiger partial charge is 0.335 e. The zero-order valence-corrected chi connectivity index (χ0v) is 14.9. The van der Waals surface area contributed by atoms with Gasteiger partial charge in [-0.15, -0.1) is 0 Å². The first-order chi connectivity index (χ1) is 12.1. The van der Waals surface area contributed by atoms with Gasteiger partial charge in [-0.05, 0) is 50.3 Å².